The molecule has 0 saturated heterocycles. The normalized spacial score (nSPS) is 10.4. The summed E-state index contributed by atoms with van der Waals surface area (Å²) in [6.45, 7) is 5.20. The molecule has 0 bridgehead atoms. The summed E-state index contributed by atoms with van der Waals surface area (Å²) >= 11 is 0. The van der Waals surface area contributed by atoms with Crippen molar-refractivity contribution in [2.75, 3.05) is 18.4 Å². The van der Waals surface area contributed by atoms with E-state index in [1.807, 2.05) is 55.1 Å². The molecule has 2 aromatic carbocycles. The van der Waals surface area contributed by atoms with Gasteiger partial charge in [0.15, 0.2) is 0 Å². The summed E-state index contributed by atoms with van der Waals surface area (Å²) in [4.78, 5) is 26.8. The number of benzene rings is 2. The summed E-state index contributed by atoms with van der Waals surface area (Å²) in [6, 6.07) is 18.3. The molecule has 0 aliphatic heterocycles. The Morgan fingerprint density at radius 1 is 0.889 bits per heavy atom. The van der Waals surface area contributed by atoms with Crippen LogP contribution >= 0.6 is 0 Å². The van der Waals surface area contributed by atoms with Crippen LogP contribution in [0.15, 0.2) is 73.1 Å². The van der Waals surface area contributed by atoms with E-state index in [0.717, 1.165) is 5.69 Å². The lowest BCUT2D eigenvalue weighted by molar-refractivity contribution is 0.0772. The van der Waals surface area contributed by atoms with E-state index >= 15 is 0 Å². The zero-order valence-corrected chi connectivity index (χ0v) is 15.6. The Kier molecular flexibility index (Phi) is 5.71. The van der Waals surface area contributed by atoms with Crippen LogP contribution in [0.4, 0.5) is 5.69 Å². The monoisotopic (exact) mass is 361 g/mol. The molecule has 3 rings (SSSR count). The minimum absolute atomic E-state index is 0.0350. The van der Waals surface area contributed by atoms with Crippen molar-refractivity contribution < 1.29 is 9.59 Å². The summed E-state index contributed by atoms with van der Waals surface area (Å²) in [7, 11) is 0. The molecule has 5 nitrogen and oxygen atoms in total. The third-order valence-electron chi connectivity index (χ3n) is 4.45. The number of hydrogen-bond donors (Lipinski definition) is 1. The fourth-order valence-corrected chi connectivity index (χ4v) is 2.92. The molecule has 0 saturated carbocycles. The maximum atomic E-state index is 12.5. The van der Waals surface area contributed by atoms with Crippen molar-refractivity contribution in [3.05, 3.63) is 84.2 Å². The Labute approximate surface area is 159 Å². The van der Waals surface area contributed by atoms with Crippen LogP contribution in [-0.4, -0.2) is 34.4 Å². The largest absolute Gasteiger partial charge is 0.339 e. The van der Waals surface area contributed by atoms with Gasteiger partial charge in [-0.2, -0.15) is 0 Å². The van der Waals surface area contributed by atoms with Gasteiger partial charge in [-0.1, -0.05) is 6.07 Å². The molecule has 0 atom stereocenters. The van der Waals surface area contributed by atoms with Crippen molar-refractivity contribution in [1.82, 2.24) is 9.47 Å². The number of hydrogen-bond acceptors (Lipinski definition) is 2. The van der Waals surface area contributed by atoms with E-state index in [9.17, 15) is 9.59 Å². The number of nitrogens with zero attached hydrogens (tertiary/aromatic N) is 2. The quantitative estimate of drug-likeness (QED) is 0.715. The zero-order valence-electron chi connectivity index (χ0n) is 15.6. The molecule has 0 aliphatic rings. The molecule has 0 unspecified atom stereocenters. The van der Waals surface area contributed by atoms with Crippen LogP contribution in [0.3, 0.4) is 0 Å². The van der Waals surface area contributed by atoms with Crippen molar-refractivity contribution in [3.63, 3.8) is 0 Å². The van der Waals surface area contributed by atoms with E-state index in [0.29, 0.717) is 29.9 Å². The number of anilines is 1. The first-order valence-electron chi connectivity index (χ1n) is 9.06. The number of nitrogens with one attached hydrogen (secondary N) is 1. The number of carbonyl (C=O) groups is 2. The molecule has 27 heavy (non-hydrogen) atoms. The van der Waals surface area contributed by atoms with Gasteiger partial charge in [-0.05, 0) is 68.4 Å². The number of aromatic nitrogens is 1. The maximum Gasteiger partial charge on any atom is 0.255 e. The van der Waals surface area contributed by atoms with E-state index in [4.69, 9.17) is 0 Å². The van der Waals surface area contributed by atoms with Crippen molar-refractivity contribution in [1.29, 1.82) is 0 Å². The van der Waals surface area contributed by atoms with Crippen LogP contribution in [0.25, 0.3) is 5.69 Å². The van der Waals surface area contributed by atoms with Crippen molar-refractivity contribution in [2.24, 2.45) is 0 Å². The van der Waals surface area contributed by atoms with Gasteiger partial charge in [0.2, 0.25) is 0 Å². The van der Waals surface area contributed by atoms with Gasteiger partial charge in [0.1, 0.15) is 0 Å². The lowest BCUT2D eigenvalue weighted by Gasteiger charge is -2.19. The van der Waals surface area contributed by atoms with Gasteiger partial charge in [-0.3, -0.25) is 9.59 Å². The second-order valence-corrected chi connectivity index (χ2v) is 6.15. The lowest BCUT2D eigenvalue weighted by Crippen LogP contribution is -2.30. The lowest BCUT2D eigenvalue weighted by atomic mass is 10.1. The van der Waals surface area contributed by atoms with Gasteiger partial charge in [-0.25, -0.2) is 0 Å². The Hall–Kier alpha value is -3.34. The highest BCUT2D eigenvalue weighted by molar-refractivity contribution is 6.05. The van der Waals surface area contributed by atoms with Crippen molar-refractivity contribution in [3.8, 4) is 5.69 Å². The van der Waals surface area contributed by atoms with Gasteiger partial charge in [0.05, 0.1) is 0 Å². The molecule has 0 radical (unpaired) electrons. The summed E-state index contributed by atoms with van der Waals surface area (Å²) in [6.07, 6.45) is 3.90. The van der Waals surface area contributed by atoms with Gasteiger partial charge in [0, 0.05) is 48.0 Å². The van der Waals surface area contributed by atoms with Crippen LogP contribution in [0.2, 0.25) is 0 Å². The van der Waals surface area contributed by atoms with E-state index in [1.165, 1.54) is 0 Å². The molecule has 0 aliphatic carbocycles. The maximum absolute atomic E-state index is 12.5. The fourth-order valence-electron chi connectivity index (χ4n) is 2.92. The van der Waals surface area contributed by atoms with Gasteiger partial charge < -0.3 is 14.8 Å². The molecule has 2 amide bonds. The van der Waals surface area contributed by atoms with Crippen molar-refractivity contribution >= 4 is 17.5 Å². The molecular formula is C22H23N3O2. The standard InChI is InChI=1S/C22H23N3O2/c1-3-24(4-2)22(27)18-8-7-9-19(16-18)23-21(26)17-10-12-20(13-11-17)25-14-5-6-15-25/h5-16H,3-4H2,1-2H3,(H,23,26). The Balaban J connectivity index is 1.72. The van der Waals surface area contributed by atoms with E-state index in [1.54, 1.807) is 41.3 Å². The van der Waals surface area contributed by atoms with Crippen LogP contribution in [-0.2, 0) is 0 Å². The first-order valence-corrected chi connectivity index (χ1v) is 9.06. The second-order valence-electron chi connectivity index (χ2n) is 6.15. The Morgan fingerprint density at radius 3 is 2.19 bits per heavy atom. The zero-order chi connectivity index (χ0) is 19.2. The molecule has 3 aromatic rings. The summed E-state index contributed by atoms with van der Waals surface area (Å²) < 4.78 is 1.98. The van der Waals surface area contributed by atoms with Crippen LogP contribution < -0.4 is 5.32 Å². The predicted molar refractivity (Wildman–Crippen MR) is 107 cm³/mol. The minimum Gasteiger partial charge on any atom is -0.339 e. The van der Waals surface area contributed by atoms with E-state index < -0.39 is 0 Å². The molecular weight excluding hydrogens is 338 g/mol. The fraction of sp³-hybridized carbons (Fsp3) is 0.182. The molecule has 0 fully saturated rings. The molecule has 1 heterocycles. The smallest absolute Gasteiger partial charge is 0.255 e. The first-order chi connectivity index (χ1) is 13.1. The molecule has 0 spiro atoms. The van der Waals surface area contributed by atoms with Crippen LogP contribution in [0, 0.1) is 0 Å². The number of carbonyl (C=O) groups excluding carboxylic acids is 2. The molecule has 1 N–H and O–H groups in total. The number of amides is 2. The predicted octanol–water partition coefficient (Wildman–Crippen LogP) is 4.21. The second kappa shape index (κ2) is 8.36. The third-order valence-corrected chi connectivity index (χ3v) is 4.45. The average Bonchev–Trinajstić information content (AvgIpc) is 3.24. The average molecular weight is 361 g/mol. The van der Waals surface area contributed by atoms with Gasteiger partial charge >= 0.3 is 0 Å². The topological polar surface area (TPSA) is 54.3 Å². The summed E-state index contributed by atoms with van der Waals surface area (Å²) in [5.74, 6) is -0.242. The Bertz CT molecular complexity index is 911. The Morgan fingerprint density at radius 2 is 1.56 bits per heavy atom. The molecule has 5 heteroatoms. The summed E-state index contributed by atoms with van der Waals surface area (Å²) in [5, 5.41) is 2.87. The number of rotatable bonds is 6. The first kappa shape index (κ1) is 18.5. The third kappa shape index (κ3) is 4.26. The highest BCUT2D eigenvalue weighted by Gasteiger charge is 2.13. The minimum atomic E-state index is -0.207. The summed E-state index contributed by atoms with van der Waals surface area (Å²) in [5.41, 5.74) is 2.72. The highest BCUT2D eigenvalue weighted by atomic mass is 16.2. The van der Waals surface area contributed by atoms with Gasteiger partial charge in [-0.15, -0.1) is 0 Å². The van der Waals surface area contributed by atoms with Crippen LogP contribution in [0.5, 0.6) is 0 Å². The van der Waals surface area contributed by atoms with Gasteiger partial charge in [0.25, 0.3) is 11.8 Å². The van der Waals surface area contributed by atoms with E-state index in [2.05, 4.69) is 5.32 Å². The molecule has 1 aromatic heterocycles. The highest BCUT2D eigenvalue weighted by Crippen LogP contribution is 2.15. The van der Waals surface area contributed by atoms with Crippen LogP contribution in [0.1, 0.15) is 34.6 Å². The molecule has 138 valence electrons. The SMILES string of the molecule is CCN(CC)C(=O)c1cccc(NC(=O)c2ccc(-n3cccc3)cc2)c1. The van der Waals surface area contributed by atoms with Crippen molar-refractivity contribution in [2.45, 2.75) is 13.8 Å². The van der Waals surface area contributed by atoms with E-state index in [-0.39, 0.29) is 11.8 Å².